The zero-order chi connectivity index (χ0) is 15.2. The van der Waals surface area contributed by atoms with Gasteiger partial charge < -0.3 is 10.5 Å². The highest BCUT2D eigenvalue weighted by molar-refractivity contribution is 6.00. The van der Waals surface area contributed by atoms with Crippen molar-refractivity contribution in [3.05, 3.63) is 29.8 Å². The summed E-state index contributed by atoms with van der Waals surface area (Å²) in [7, 11) is 1.55. The molecule has 1 aromatic rings. The van der Waals surface area contributed by atoms with E-state index in [-0.39, 0.29) is 24.9 Å². The van der Waals surface area contributed by atoms with Crippen LogP contribution in [0.3, 0.4) is 0 Å². The number of carbonyl (C=O) groups excluding carboxylic acids is 2. The zero-order valence-corrected chi connectivity index (χ0v) is 12.4. The molecule has 114 valence electrons. The summed E-state index contributed by atoms with van der Waals surface area (Å²) in [5, 5.41) is 0. The van der Waals surface area contributed by atoms with Crippen molar-refractivity contribution in [1.29, 1.82) is 0 Å². The molecule has 0 unspecified atom stereocenters. The van der Waals surface area contributed by atoms with Crippen molar-refractivity contribution < 1.29 is 14.3 Å². The fourth-order valence-electron chi connectivity index (χ4n) is 2.93. The molecule has 0 radical (unpaired) electrons. The molecular formula is C16H22N2O3. The molecule has 1 saturated carbocycles. The lowest BCUT2D eigenvalue weighted by atomic mass is 10.1. The number of para-hydroxylation sites is 1. The van der Waals surface area contributed by atoms with Crippen molar-refractivity contribution in [3.8, 4) is 5.75 Å². The Morgan fingerprint density at radius 1 is 1.24 bits per heavy atom. The van der Waals surface area contributed by atoms with Gasteiger partial charge in [0.2, 0.25) is 5.91 Å². The van der Waals surface area contributed by atoms with Crippen molar-refractivity contribution in [2.45, 2.75) is 31.7 Å². The Morgan fingerprint density at radius 2 is 1.90 bits per heavy atom. The Morgan fingerprint density at radius 3 is 2.52 bits per heavy atom. The van der Waals surface area contributed by atoms with Crippen LogP contribution in [-0.4, -0.2) is 42.8 Å². The lowest BCUT2D eigenvalue weighted by Gasteiger charge is -2.26. The fourth-order valence-corrected chi connectivity index (χ4v) is 2.93. The van der Waals surface area contributed by atoms with Crippen molar-refractivity contribution >= 4 is 11.7 Å². The number of Topliss-reactive ketones (excluding diaryl/α,β-unsaturated/α-hetero) is 1. The fraction of sp³-hybridized carbons (Fsp3) is 0.500. The quantitative estimate of drug-likeness (QED) is 0.774. The third kappa shape index (κ3) is 4.04. The summed E-state index contributed by atoms with van der Waals surface area (Å²) in [5.74, 6) is 0.128. The molecule has 1 fully saturated rings. The van der Waals surface area contributed by atoms with E-state index in [0.717, 1.165) is 25.7 Å². The average molecular weight is 290 g/mol. The second-order valence-electron chi connectivity index (χ2n) is 5.43. The molecule has 0 spiro atoms. The van der Waals surface area contributed by atoms with Gasteiger partial charge in [-0.2, -0.15) is 0 Å². The van der Waals surface area contributed by atoms with Crippen molar-refractivity contribution in [3.63, 3.8) is 0 Å². The first-order valence-electron chi connectivity index (χ1n) is 7.30. The minimum atomic E-state index is -0.394. The molecule has 0 saturated heterocycles. The predicted octanol–water partition coefficient (Wildman–Crippen LogP) is 1.61. The van der Waals surface area contributed by atoms with E-state index in [9.17, 15) is 9.59 Å². The number of primary amides is 1. The topological polar surface area (TPSA) is 72.6 Å². The van der Waals surface area contributed by atoms with Crippen molar-refractivity contribution in [2.75, 3.05) is 20.2 Å². The summed E-state index contributed by atoms with van der Waals surface area (Å²) in [6.07, 6.45) is 4.32. The number of carbonyl (C=O) groups is 2. The van der Waals surface area contributed by atoms with E-state index in [1.54, 1.807) is 19.2 Å². The van der Waals surface area contributed by atoms with E-state index in [0.29, 0.717) is 11.3 Å². The Labute approximate surface area is 125 Å². The molecule has 0 heterocycles. The maximum atomic E-state index is 12.5. The van der Waals surface area contributed by atoms with Gasteiger partial charge in [0, 0.05) is 6.04 Å². The molecule has 0 bridgehead atoms. The van der Waals surface area contributed by atoms with E-state index >= 15 is 0 Å². The Hall–Kier alpha value is -1.88. The molecule has 21 heavy (non-hydrogen) atoms. The van der Waals surface area contributed by atoms with Gasteiger partial charge in [-0.25, -0.2) is 0 Å². The molecule has 2 N–H and O–H groups in total. The third-order valence-corrected chi connectivity index (χ3v) is 3.95. The number of rotatable bonds is 7. The summed E-state index contributed by atoms with van der Waals surface area (Å²) in [6.45, 7) is 0.333. The number of hydrogen-bond donors (Lipinski definition) is 1. The van der Waals surface area contributed by atoms with Gasteiger partial charge in [-0.15, -0.1) is 0 Å². The van der Waals surface area contributed by atoms with Gasteiger partial charge in [0.05, 0.1) is 25.8 Å². The maximum absolute atomic E-state index is 12.5. The van der Waals surface area contributed by atoms with Crippen LogP contribution in [0, 0.1) is 0 Å². The number of ether oxygens (including phenoxy) is 1. The van der Waals surface area contributed by atoms with Gasteiger partial charge in [0.1, 0.15) is 5.75 Å². The zero-order valence-electron chi connectivity index (χ0n) is 12.4. The van der Waals surface area contributed by atoms with Crippen LogP contribution < -0.4 is 10.5 Å². The number of methoxy groups -OCH3 is 1. The van der Waals surface area contributed by atoms with E-state index in [1.165, 1.54) is 0 Å². The first kappa shape index (κ1) is 15.5. The highest BCUT2D eigenvalue weighted by Crippen LogP contribution is 2.24. The first-order chi connectivity index (χ1) is 10.1. The number of nitrogens with zero attached hydrogens (tertiary/aromatic N) is 1. The molecule has 5 nitrogen and oxygen atoms in total. The third-order valence-electron chi connectivity index (χ3n) is 3.95. The van der Waals surface area contributed by atoms with E-state index < -0.39 is 5.91 Å². The standard InChI is InChI=1S/C16H22N2O3/c1-21-15-9-5-4-8-13(15)14(19)10-18(11-16(17)20)12-6-2-3-7-12/h4-5,8-9,12H,2-3,6-7,10-11H2,1H3,(H2,17,20). The van der Waals surface area contributed by atoms with Crippen molar-refractivity contribution in [2.24, 2.45) is 5.73 Å². The van der Waals surface area contributed by atoms with E-state index in [4.69, 9.17) is 10.5 Å². The maximum Gasteiger partial charge on any atom is 0.231 e. The summed E-state index contributed by atoms with van der Waals surface area (Å²) in [4.78, 5) is 25.7. The van der Waals surface area contributed by atoms with E-state index in [2.05, 4.69) is 0 Å². The summed E-state index contributed by atoms with van der Waals surface area (Å²) in [5.41, 5.74) is 5.86. The van der Waals surface area contributed by atoms with Crippen LogP contribution in [0.25, 0.3) is 0 Å². The van der Waals surface area contributed by atoms with Crippen LogP contribution in [0.4, 0.5) is 0 Å². The van der Waals surface area contributed by atoms with Crippen LogP contribution in [0.5, 0.6) is 5.75 Å². The van der Waals surface area contributed by atoms with Gasteiger partial charge in [-0.05, 0) is 25.0 Å². The predicted molar refractivity (Wildman–Crippen MR) is 80.3 cm³/mol. The van der Waals surface area contributed by atoms with Crippen molar-refractivity contribution in [1.82, 2.24) is 4.90 Å². The van der Waals surface area contributed by atoms with Gasteiger partial charge in [0.25, 0.3) is 0 Å². The van der Waals surface area contributed by atoms with Crippen LogP contribution in [-0.2, 0) is 4.79 Å². The van der Waals surface area contributed by atoms with Gasteiger partial charge in [-0.1, -0.05) is 25.0 Å². The number of ketones is 1. The Bertz CT molecular complexity index is 510. The molecular weight excluding hydrogens is 268 g/mol. The molecule has 0 atom stereocenters. The minimum Gasteiger partial charge on any atom is -0.496 e. The van der Waals surface area contributed by atoms with Gasteiger partial charge in [0.15, 0.2) is 5.78 Å². The molecule has 1 aliphatic rings. The summed E-state index contributed by atoms with van der Waals surface area (Å²) >= 11 is 0. The van der Waals surface area contributed by atoms with Gasteiger partial charge in [-0.3, -0.25) is 14.5 Å². The Kier molecular flexibility index (Phi) is 5.33. The average Bonchev–Trinajstić information content (AvgIpc) is 3.00. The highest BCUT2D eigenvalue weighted by atomic mass is 16.5. The number of benzene rings is 1. The lowest BCUT2D eigenvalue weighted by Crippen LogP contribution is -2.43. The normalized spacial score (nSPS) is 15.3. The van der Waals surface area contributed by atoms with Gasteiger partial charge >= 0.3 is 0 Å². The van der Waals surface area contributed by atoms with Crippen LogP contribution >= 0.6 is 0 Å². The van der Waals surface area contributed by atoms with Crippen LogP contribution in [0.2, 0.25) is 0 Å². The molecule has 1 aliphatic carbocycles. The number of hydrogen-bond acceptors (Lipinski definition) is 4. The first-order valence-corrected chi connectivity index (χ1v) is 7.30. The van der Waals surface area contributed by atoms with Crippen LogP contribution in [0.1, 0.15) is 36.0 Å². The molecule has 5 heteroatoms. The highest BCUT2D eigenvalue weighted by Gasteiger charge is 2.26. The lowest BCUT2D eigenvalue weighted by molar-refractivity contribution is -0.119. The summed E-state index contributed by atoms with van der Waals surface area (Å²) in [6, 6.07) is 7.42. The molecule has 0 aromatic heterocycles. The second-order valence-corrected chi connectivity index (χ2v) is 5.43. The molecule has 0 aliphatic heterocycles. The second kappa shape index (κ2) is 7.22. The van der Waals surface area contributed by atoms with Crippen LogP contribution in [0.15, 0.2) is 24.3 Å². The minimum absolute atomic E-state index is 0.0411. The SMILES string of the molecule is COc1ccccc1C(=O)CN(CC(N)=O)C1CCCC1. The molecule has 2 rings (SSSR count). The number of amides is 1. The molecule has 1 amide bonds. The summed E-state index contributed by atoms with van der Waals surface area (Å²) < 4.78 is 5.22. The molecule has 1 aromatic carbocycles. The Balaban J connectivity index is 2.11. The smallest absolute Gasteiger partial charge is 0.231 e. The number of nitrogens with two attached hydrogens (primary N) is 1. The monoisotopic (exact) mass is 290 g/mol. The van der Waals surface area contributed by atoms with E-state index in [1.807, 2.05) is 17.0 Å². The largest absolute Gasteiger partial charge is 0.496 e.